The van der Waals surface area contributed by atoms with Crippen molar-refractivity contribution >= 4 is 11.9 Å². The Kier molecular flexibility index (Phi) is 9.48. The lowest BCUT2D eigenvalue weighted by Gasteiger charge is -2.10. The number of hydrogen-bond acceptors (Lipinski definition) is 6. The highest BCUT2D eigenvalue weighted by atomic mass is 19.1. The van der Waals surface area contributed by atoms with E-state index in [9.17, 15) is 22.8 Å². The topological polar surface area (TPSA) is 71.1 Å². The molecule has 0 unspecified atom stereocenters. The van der Waals surface area contributed by atoms with E-state index in [1.165, 1.54) is 50.2 Å². The van der Waals surface area contributed by atoms with Gasteiger partial charge in [-0.2, -0.15) is 0 Å². The molecule has 9 heteroatoms. The highest BCUT2D eigenvalue weighted by Crippen LogP contribution is 2.32. The fourth-order valence-electron chi connectivity index (χ4n) is 3.07. The number of rotatable bonds is 10. The Morgan fingerprint density at radius 2 is 1.13 bits per heavy atom. The summed E-state index contributed by atoms with van der Waals surface area (Å²) in [6, 6.07) is 11.8. The van der Waals surface area contributed by atoms with Gasteiger partial charge in [0.15, 0.2) is 11.6 Å². The molecular formula is C30H23F3O6. The van der Waals surface area contributed by atoms with Gasteiger partial charge in [-0.1, -0.05) is 31.4 Å². The van der Waals surface area contributed by atoms with E-state index in [4.69, 9.17) is 18.9 Å². The maximum absolute atomic E-state index is 15.0. The molecule has 0 saturated carbocycles. The second kappa shape index (κ2) is 13.0. The van der Waals surface area contributed by atoms with Gasteiger partial charge in [0.1, 0.15) is 42.4 Å². The van der Waals surface area contributed by atoms with Crippen molar-refractivity contribution in [3.63, 3.8) is 0 Å². The molecular weight excluding hydrogens is 513 g/mol. The van der Waals surface area contributed by atoms with Crippen molar-refractivity contribution in [3.8, 4) is 33.8 Å². The fraction of sp³-hybridized carbons (Fsp3) is 0.0667. The molecule has 0 aromatic heterocycles. The number of carbonyl (C=O) groups is 2. The van der Waals surface area contributed by atoms with Gasteiger partial charge in [-0.05, 0) is 55.3 Å². The average molecular weight is 537 g/mol. The Morgan fingerprint density at radius 3 is 1.64 bits per heavy atom. The Hall–Kier alpha value is -5.05. The van der Waals surface area contributed by atoms with Crippen molar-refractivity contribution in [2.24, 2.45) is 0 Å². The zero-order valence-corrected chi connectivity index (χ0v) is 21.0. The van der Waals surface area contributed by atoms with Gasteiger partial charge in [0, 0.05) is 28.3 Å². The van der Waals surface area contributed by atoms with Crippen molar-refractivity contribution in [1.29, 1.82) is 0 Å². The van der Waals surface area contributed by atoms with Gasteiger partial charge in [-0.15, -0.1) is 0 Å². The van der Waals surface area contributed by atoms with Crippen molar-refractivity contribution in [3.05, 3.63) is 121 Å². The van der Waals surface area contributed by atoms with E-state index in [0.29, 0.717) is 0 Å². The summed E-state index contributed by atoms with van der Waals surface area (Å²) in [5.74, 6) is -3.51. The van der Waals surface area contributed by atoms with Gasteiger partial charge < -0.3 is 18.9 Å². The van der Waals surface area contributed by atoms with Crippen LogP contribution in [0.1, 0.15) is 13.8 Å². The van der Waals surface area contributed by atoms with E-state index in [1.54, 1.807) is 0 Å². The molecule has 0 heterocycles. The summed E-state index contributed by atoms with van der Waals surface area (Å²) < 4.78 is 63.9. The third-order valence-corrected chi connectivity index (χ3v) is 5.02. The van der Waals surface area contributed by atoms with E-state index < -0.39 is 29.4 Å². The van der Waals surface area contributed by atoms with Crippen LogP contribution in [0.2, 0.25) is 0 Å². The Labute approximate surface area is 222 Å². The van der Waals surface area contributed by atoms with Gasteiger partial charge in [0.25, 0.3) is 0 Å². The average Bonchev–Trinajstić information content (AvgIpc) is 2.89. The van der Waals surface area contributed by atoms with Crippen LogP contribution in [0.25, 0.3) is 22.3 Å². The highest BCUT2D eigenvalue weighted by Gasteiger charge is 2.13. The molecule has 3 aromatic rings. The molecule has 0 bridgehead atoms. The molecule has 3 rings (SSSR count). The van der Waals surface area contributed by atoms with Crippen LogP contribution in [-0.2, 0) is 19.1 Å². The molecule has 0 aliphatic rings. The normalized spacial score (nSPS) is 10.9. The molecule has 39 heavy (non-hydrogen) atoms. The van der Waals surface area contributed by atoms with Crippen LogP contribution in [0.15, 0.2) is 104 Å². The van der Waals surface area contributed by atoms with Crippen LogP contribution in [0, 0.1) is 17.5 Å². The zero-order valence-electron chi connectivity index (χ0n) is 21.0. The summed E-state index contributed by atoms with van der Waals surface area (Å²) >= 11 is 0. The lowest BCUT2D eigenvalue weighted by Crippen LogP contribution is -1.99. The molecule has 0 N–H and O–H groups in total. The molecule has 0 aliphatic carbocycles. The van der Waals surface area contributed by atoms with Gasteiger partial charge in [-0.3, -0.25) is 0 Å². The highest BCUT2D eigenvalue weighted by molar-refractivity contribution is 5.87. The first kappa shape index (κ1) is 28.5. The molecule has 3 aromatic carbocycles. The number of ether oxygens (including phenoxy) is 4. The van der Waals surface area contributed by atoms with Crippen LogP contribution < -0.4 is 9.47 Å². The number of esters is 2. The lowest BCUT2D eigenvalue weighted by atomic mass is 9.99. The maximum Gasteiger partial charge on any atom is 0.338 e. The monoisotopic (exact) mass is 536 g/mol. The predicted octanol–water partition coefficient (Wildman–Crippen LogP) is 7.38. The summed E-state index contributed by atoms with van der Waals surface area (Å²) in [6.45, 7) is 9.81. The van der Waals surface area contributed by atoms with Crippen molar-refractivity contribution < 1.29 is 41.7 Å². The number of carbonyl (C=O) groups excluding carboxylic acids is 2. The lowest BCUT2D eigenvalue weighted by molar-refractivity contribution is -0.134. The molecule has 0 aliphatic heterocycles. The van der Waals surface area contributed by atoms with Gasteiger partial charge in [0.2, 0.25) is 0 Å². The van der Waals surface area contributed by atoms with Crippen molar-refractivity contribution in [2.75, 3.05) is 0 Å². The van der Waals surface area contributed by atoms with Crippen LogP contribution in [-0.4, -0.2) is 11.9 Å². The molecule has 0 amide bonds. The van der Waals surface area contributed by atoms with E-state index in [0.717, 1.165) is 43.2 Å². The molecule has 6 nitrogen and oxygen atoms in total. The minimum absolute atomic E-state index is 0.0879. The van der Waals surface area contributed by atoms with Crippen LogP contribution in [0.5, 0.6) is 11.5 Å². The van der Waals surface area contributed by atoms with Crippen LogP contribution in [0.3, 0.4) is 0 Å². The summed E-state index contributed by atoms with van der Waals surface area (Å²) in [5.41, 5.74) is 1.07. The Morgan fingerprint density at radius 1 is 0.641 bits per heavy atom. The van der Waals surface area contributed by atoms with Gasteiger partial charge in [0.05, 0.1) is 0 Å². The predicted molar refractivity (Wildman–Crippen MR) is 139 cm³/mol. The Balaban J connectivity index is 1.70. The largest absolute Gasteiger partial charge is 0.462 e. The first-order valence-corrected chi connectivity index (χ1v) is 11.3. The van der Waals surface area contributed by atoms with Gasteiger partial charge >= 0.3 is 11.9 Å². The van der Waals surface area contributed by atoms with Crippen LogP contribution >= 0.6 is 0 Å². The second-order valence-corrected chi connectivity index (χ2v) is 8.13. The molecule has 0 atom stereocenters. The van der Waals surface area contributed by atoms with Crippen molar-refractivity contribution in [1.82, 2.24) is 0 Å². The van der Waals surface area contributed by atoms with E-state index >= 15 is 0 Å². The smallest absolute Gasteiger partial charge is 0.338 e. The summed E-state index contributed by atoms with van der Waals surface area (Å²) in [6.07, 6.45) is 3.98. The van der Waals surface area contributed by atoms with E-state index in [-0.39, 0.29) is 44.9 Å². The number of halogens is 3. The zero-order chi connectivity index (χ0) is 28.5. The summed E-state index contributed by atoms with van der Waals surface area (Å²) in [4.78, 5) is 22.6. The standard InChI is InChI=1S/C30H23F3O6/c1-18(2)29(34)38-13-11-36-22-7-9-24(26(32)17-22)20-5-8-23(25(31)15-20)21-6-10-28(27(33)16-21)37-12-14-39-30(35)19(3)4/h5-17H,1,3H2,2,4H3/b13-11-,14-12-. The molecule has 0 spiro atoms. The Bertz CT molecular complexity index is 1490. The minimum atomic E-state index is -0.781. The SMILES string of the molecule is C=C(C)C(=O)O/C=C\Oc1ccc(-c2ccc(-c3ccc(O/C=C\OC(=O)C(=C)C)c(F)c3)c(F)c2)c(F)c1. The number of benzene rings is 3. The number of hydrogen-bond donors (Lipinski definition) is 0. The third kappa shape index (κ3) is 7.72. The van der Waals surface area contributed by atoms with Crippen molar-refractivity contribution in [2.45, 2.75) is 13.8 Å². The fourth-order valence-corrected chi connectivity index (χ4v) is 3.07. The first-order chi connectivity index (χ1) is 18.6. The molecule has 200 valence electrons. The minimum Gasteiger partial charge on any atom is -0.462 e. The summed E-state index contributed by atoms with van der Waals surface area (Å²) in [5, 5.41) is 0. The van der Waals surface area contributed by atoms with Gasteiger partial charge in [-0.25, -0.2) is 22.8 Å². The molecule has 0 fully saturated rings. The first-order valence-electron chi connectivity index (χ1n) is 11.3. The molecule has 0 radical (unpaired) electrons. The quantitative estimate of drug-likeness (QED) is 0.153. The maximum atomic E-state index is 15.0. The van der Waals surface area contributed by atoms with E-state index in [2.05, 4.69) is 13.2 Å². The third-order valence-electron chi connectivity index (χ3n) is 5.02. The second-order valence-electron chi connectivity index (χ2n) is 8.13. The molecule has 0 saturated heterocycles. The van der Waals surface area contributed by atoms with E-state index in [1.807, 2.05) is 0 Å². The summed E-state index contributed by atoms with van der Waals surface area (Å²) in [7, 11) is 0. The van der Waals surface area contributed by atoms with Crippen LogP contribution in [0.4, 0.5) is 13.2 Å².